The lowest BCUT2D eigenvalue weighted by molar-refractivity contribution is -0.164. The Hall–Kier alpha value is -0.590. The van der Waals surface area contributed by atoms with Crippen LogP contribution >= 0.6 is 34.8 Å². The van der Waals surface area contributed by atoms with Crippen molar-refractivity contribution in [1.82, 2.24) is 5.32 Å². The average molecular weight is 395 g/mol. The van der Waals surface area contributed by atoms with E-state index in [2.05, 4.69) is 10.1 Å². The quantitative estimate of drug-likeness (QED) is 0.276. The summed E-state index contributed by atoms with van der Waals surface area (Å²) >= 11 is 16.3. The molecule has 0 spiro atoms. The lowest BCUT2D eigenvalue weighted by Gasteiger charge is -2.19. The van der Waals surface area contributed by atoms with Gasteiger partial charge in [0.25, 0.3) is 9.70 Å². The van der Waals surface area contributed by atoms with E-state index in [0.29, 0.717) is 18.9 Å². The van der Waals surface area contributed by atoms with Gasteiger partial charge in [-0.1, -0.05) is 67.1 Å². The molecule has 1 amide bonds. The number of rotatable bonds is 9. The molecule has 0 bridgehead atoms. The molecule has 0 heterocycles. The lowest BCUT2D eigenvalue weighted by Crippen LogP contribution is -2.41. The molecule has 9 heteroatoms. The molecule has 1 atom stereocenters. The van der Waals surface area contributed by atoms with Gasteiger partial charge in [0.15, 0.2) is 0 Å². The standard InChI is InChI=1S/C14H20Cl3F2NO3/c1-3-5-6-7-10(20-11(21)14(15,16)17)8-9-13(18,19)12(22)23-4-2/h8-10H,3-7H2,1-2H3,(H,20,21)/b9-8+. The highest BCUT2D eigenvalue weighted by molar-refractivity contribution is 6.76. The molecule has 134 valence electrons. The molecular weight excluding hydrogens is 375 g/mol. The van der Waals surface area contributed by atoms with Crippen molar-refractivity contribution in [2.45, 2.75) is 55.3 Å². The van der Waals surface area contributed by atoms with Crippen LogP contribution in [-0.2, 0) is 14.3 Å². The summed E-state index contributed by atoms with van der Waals surface area (Å²) in [6.45, 7) is 3.23. The summed E-state index contributed by atoms with van der Waals surface area (Å²) in [5.41, 5.74) is 0. The summed E-state index contributed by atoms with van der Waals surface area (Å²) in [6, 6.07) is -0.787. The largest absolute Gasteiger partial charge is 0.461 e. The van der Waals surface area contributed by atoms with Crippen molar-refractivity contribution in [2.75, 3.05) is 6.61 Å². The third kappa shape index (κ3) is 9.33. The molecule has 4 nitrogen and oxygen atoms in total. The summed E-state index contributed by atoms with van der Waals surface area (Å²) in [6.07, 6.45) is 4.21. The van der Waals surface area contributed by atoms with Crippen LogP contribution in [0.4, 0.5) is 8.78 Å². The van der Waals surface area contributed by atoms with Gasteiger partial charge in [-0.15, -0.1) is 0 Å². The number of alkyl halides is 5. The maximum atomic E-state index is 13.6. The number of ether oxygens (including phenoxy) is 1. The molecule has 1 unspecified atom stereocenters. The van der Waals surface area contributed by atoms with E-state index >= 15 is 0 Å². The number of hydrogen-bond donors (Lipinski definition) is 1. The van der Waals surface area contributed by atoms with Crippen molar-refractivity contribution in [3.8, 4) is 0 Å². The van der Waals surface area contributed by atoms with Gasteiger partial charge in [0.1, 0.15) is 0 Å². The molecule has 0 aliphatic carbocycles. The van der Waals surface area contributed by atoms with Gasteiger partial charge in [0.05, 0.1) is 6.61 Å². The van der Waals surface area contributed by atoms with Crippen LogP contribution in [0.5, 0.6) is 0 Å². The summed E-state index contributed by atoms with van der Waals surface area (Å²) in [4.78, 5) is 22.8. The van der Waals surface area contributed by atoms with Crippen LogP contribution in [0.1, 0.15) is 39.5 Å². The third-order valence-electron chi connectivity index (χ3n) is 2.78. The second kappa shape index (κ2) is 10.3. The van der Waals surface area contributed by atoms with Crippen LogP contribution in [0.15, 0.2) is 12.2 Å². The Kier molecular flexibility index (Phi) is 10.0. The molecule has 1 N–H and O–H groups in total. The van der Waals surface area contributed by atoms with E-state index in [9.17, 15) is 18.4 Å². The fourth-order valence-electron chi connectivity index (χ4n) is 1.61. The Balaban J connectivity index is 4.95. The predicted octanol–water partition coefficient (Wildman–Crippen LogP) is 4.18. The predicted molar refractivity (Wildman–Crippen MR) is 87.1 cm³/mol. The summed E-state index contributed by atoms with van der Waals surface area (Å²) in [5.74, 6) is -6.37. The highest BCUT2D eigenvalue weighted by atomic mass is 35.6. The Bertz CT molecular complexity index is 426. The van der Waals surface area contributed by atoms with Crippen molar-refractivity contribution in [3.05, 3.63) is 12.2 Å². The minimum absolute atomic E-state index is 0.161. The third-order valence-corrected chi connectivity index (χ3v) is 3.29. The van der Waals surface area contributed by atoms with Crippen molar-refractivity contribution in [1.29, 1.82) is 0 Å². The number of carbonyl (C=O) groups is 2. The number of nitrogens with one attached hydrogen (secondary N) is 1. The van der Waals surface area contributed by atoms with Crippen molar-refractivity contribution in [3.63, 3.8) is 0 Å². The first kappa shape index (κ1) is 22.4. The second-order valence-electron chi connectivity index (χ2n) is 4.78. The first-order valence-corrected chi connectivity index (χ1v) is 8.30. The first-order valence-electron chi connectivity index (χ1n) is 7.16. The van der Waals surface area contributed by atoms with Gasteiger partial charge in [0, 0.05) is 6.04 Å². The van der Waals surface area contributed by atoms with Gasteiger partial charge in [-0.25, -0.2) is 4.79 Å². The van der Waals surface area contributed by atoms with Crippen LogP contribution in [0.3, 0.4) is 0 Å². The average Bonchev–Trinajstić information content (AvgIpc) is 2.44. The van der Waals surface area contributed by atoms with E-state index in [1.54, 1.807) is 0 Å². The fraction of sp³-hybridized carbons (Fsp3) is 0.714. The number of halogens is 5. The Labute approximate surface area is 149 Å². The summed E-state index contributed by atoms with van der Waals surface area (Å²) in [5, 5.41) is 2.35. The molecule has 0 aliphatic heterocycles. The van der Waals surface area contributed by atoms with Crippen molar-refractivity contribution < 1.29 is 23.1 Å². The number of esters is 1. The van der Waals surface area contributed by atoms with Crippen LogP contribution < -0.4 is 5.32 Å². The first-order chi connectivity index (χ1) is 10.5. The summed E-state index contributed by atoms with van der Waals surface area (Å²) < 4.78 is 29.2. The maximum absolute atomic E-state index is 13.6. The smallest absolute Gasteiger partial charge is 0.381 e. The van der Waals surface area contributed by atoms with Crippen LogP contribution in [-0.4, -0.2) is 34.2 Å². The fourth-order valence-corrected chi connectivity index (χ4v) is 1.78. The zero-order valence-corrected chi connectivity index (χ0v) is 15.1. The highest BCUT2D eigenvalue weighted by Gasteiger charge is 2.38. The number of unbranched alkanes of at least 4 members (excludes halogenated alkanes) is 2. The van der Waals surface area contributed by atoms with E-state index < -0.39 is 27.6 Å². The lowest BCUT2D eigenvalue weighted by atomic mass is 10.1. The Morgan fingerprint density at radius 2 is 1.83 bits per heavy atom. The van der Waals surface area contributed by atoms with Crippen LogP contribution in [0, 0.1) is 0 Å². The van der Waals surface area contributed by atoms with E-state index in [1.807, 2.05) is 6.92 Å². The van der Waals surface area contributed by atoms with E-state index in [1.165, 1.54) is 6.92 Å². The Morgan fingerprint density at radius 1 is 1.22 bits per heavy atom. The van der Waals surface area contributed by atoms with E-state index in [0.717, 1.165) is 18.9 Å². The van der Waals surface area contributed by atoms with Crippen LogP contribution in [0.2, 0.25) is 0 Å². The minimum atomic E-state index is -3.79. The van der Waals surface area contributed by atoms with Crippen molar-refractivity contribution in [2.24, 2.45) is 0 Å². The van der Waals surface area contributed by atoms with Gasteiger partial charge in [-0.3, -0.25) is 4.79 Å². The molecule has 23 heavy (non-hydrogen) atoms. The van der Waals surface area contributed by atoms with E-state index in [-0.39, 0.29) is 6.61 Å². The molecule has 0 fully saturated rings. The zero-order valence-electron chi connectivity index (χ0n) is 12.9. The molecule has 0 aromatic carbocycles. The van der Waals surface area contributed by atoms with Gasteiger partial charge in [-0.05, 0) is 19.4 Å². The number of hydrogen-bond acceptors (Lipinski definition) is 3. The molecule has 0 rings (SSSR count). The molecule has 0 saturated carbocycles. The molecule has 0 radical (unpaired) electrons. The van der Waals surface area contributed by atoms with Gasteiger partial charge < -0.3 is 10.1 Å². The summed E-state index contributed by atoms with van der Waals surface area (Å²) in [7, 11) is 0. The monoisotopic (exact) mass is 393 g/mol. The molecule has 0 aromatic rings. The number of amides is 1. The van der Waals surface area contributed by atoms with Crippen molar-refractivity contribution >= 4 is 46.7 Å². The number of carbonyl (C=O) groups excluding carboxylic acids is 2. The Morgan fingerprint density at radius 3 is 2.30 bits per heavy atom. The molecule has 0 aliphatic rings. The topological polar surface area (TPSA) is 55.4 Å². The van der Waals surface area contributed by atoms with Crippen LogP contribution in [0.25, 0.3) is 0 Å². The highest BCUT2D eigenvalue weighted by Crippen LogP contribution is 2.26. The van der Waals surface area contributed by atoms with E-state index in [4.69, 9.17) is 34.8 Å². The normalized spacial score (nSPS) is 13.9. The SMILES string of the molecule is CCCCCC(/C=C/C(F)(F)C(=O)OCC)NC(=O)C(Cl)(Cl)Cl. The minimum Gasteiger partial charge on any atom is -0.461 e. The van der Waals surface area contributed by atoms with Gasteiger partial charge >= 0.3 is 11.9 Å². The van der Waals surface area contributed by atoms with Gasteiger partial charge in [0.2, 0.25) is 0 Å². The maximum Gasteiger partial charge on any atom is 0.381 e. The van der Waals surface area contributed by atoms with Gasteiger partial charge in [-0.2, -0.15) is 8.78 Å². The molecule has 0 aromatic heterocycles. The second-order valence-corrected chi connectivity index (χ2v) is 7.06. The molecule has 0 saturated heterocycles. The molecular formula is C14H20Cl3F2NO3. The zero-order chi connectivity index (χ0) is 18.1.